The number of likely N-dealkylation sites (tertiary alicyclic amines) is 1. The second kappa shape index (κ2) is 21.8. The third kappa shape index (κ3) is 16.0. The van der Waals surface area contributed by atoms with Crippen molar-refractivity contribution in [1.29, 1.82) is 0 Å². The Kier molecular flexibility index (Phi) is 18.3. The fourth-order valence-electron chi connectivity index (χ4n) is 5.52. The summed E-state index contributed by atoms with van der Waals surface area (Å²) in [6.45, 7) is 5.08. The summed E-state index contributed by atoms with van der Waals surface area (Å²) in [6, 6.07) is 5.19. The van der Waals surface area contributed by atoms with Crippen molar-refractivity contribution in [3.63, 3.8) is 0 Å². The molecule has 1 saturated heterocycles. The van der Waals surface area contributed by atoms with Gasteiger partial charge in [0.25, 0.3) is 11.8 Å². The highest BCUT2D eigenvalue weighted by atomic mass is 16.4. The lowest BCUT2D eigenvalue weighted by molar-refractivity contribution is -0.140. The van der Waals surface area contributed by atoms with Crippen LogP contribution in [0.3, 0.4) is 0 Å². The van der Waals surface area contributed by atoms with Crippen LogP contribution in [0.4, 0.5) is 5.69 Å². The molecule has 1 heterocycles. The third-order valence-electron chi connectivity index (χ3n) is 8.34. The molecule has 3 amide bonds. The van der Waals surface area contributed by atoms with E-state index < -0.39 is 54.7 Å². The van der Waals surface area contributed by atoms with E-state index in [0.29, 0.717) is 51.3 Å². The van der Waals surface area contributed by atoms with E-state index in [1.807, 2.05) is 6.92 Å². The van der Waals surface area contributed by atoms with Crippen LogP contribution in [0.2, 0.25) is 0 Å². The van der Waals surface area contributed by atoms with Crippen LogP contribution in [0.25, 0.3) is 0 Å². The molecule has 0 aromatic heterocycles. The Morgan fingerprint density at radius 3 is 1.90 bits per heavy atom. The number of carboxylic acids is 3. The number of aliphatic carboxylic acids is 3. The molecule has 2 atom stereocenters. The highest BCUT2D eigenvalue weighted by molar-refractivity contribution is 6.43. The summed E-state index contributed by atoms with van der Waals surface area (Å²) in [5, 5.41) is 49.3. The van der Waals surface area contributed by atoms with Gasteiger partial charge in [-0.1, -0.05) is 6.92 Å². The van der Waals surface area contributed by atoms with Crippen molar-refractivity contribution in [2.45, 2.75) is 38.7 Å². The van der Waals surface area contributed by atoms with Crippen molar-refractivity contribution in [3.8, 4) is 0 Å². The summed E-state index contributed by atoms with van der Waals surface area (Å²) in [4.78, 5) is 80.3. The molecule has 8 N–H and O–H groups in total. The predicted octanol–water partition coefficient (Wildman–Crippen LogP) is -2.64. The monoisotopic (exact) mass is 722 g/mol. The standard InChI is InChI=1S/C31H51BN8O11/c1-4-37(20-28(44)45)14-15-38(16-17-39(21-29(46)47)13-12-36(3)19-27(42)43)18-26(41)35-34-24-9-7-23(8-10-24)30(48)33-22(2)31(49)40-11-5-6-25(40)32(50)51/h7-10,22,25,34,50-51H,4-6,11-21H2,1-3H3,(H,33,48)(H,35,41)(H,42,43)(H,44,45)(H,46,47)/t22-,25+/m1/s1. The molecule has 51 heavy (non-hydrogen) atoms. The molecule has 20 heteroatoms. The van der Waals surface area contributed by atoms with E-state index >= 15 is 0 Å². The first-order valence-electron chi connectivity index (χ1n) is 16.7. The van der Waals surface area contributed by atoms with Crippen LogP contribution < -0.4 is 16.2 Å². The van der Waals surface area contributed by atoms with Gasteiger partial charge in [0.15, 0.2) is 0 Å². The topological polar surface area (TPSA) is 256 Å². The van der Waals surface area contributed by atoms with E-state index in [2.05, 4.69) is 16.2 Å². The largest absolute Gasteiger partial charge is 0.480 e. The van der Waals surface area contributed by atoms with Crippen molar-refractivity contribution in [3.05, 3.63) is 29.8 Å². The summed E-state index contributed by atoms with van der Waals surface area (Å²) in [6.07, 6.45) is 1.08. The minimum absolute atomic E-state index is 0.116. The van der Waals surface area contributed by atoms with Gasteiger partial charge in [0.1, 0.15) is 6.04 Å². The number of nitrogens with one attached hydrogen (secondary N) is 3. The van der Waals surface area contributed by atoms with Crippen LogP contribution >= 0.6 is 0 Å². The zero-order valence-electron chi connectivity index (χ0n) is 29.4. The summed E-state index contributed by atoms with van der Waals surface area (Å²) in [5.41, 5.74) is 6.05. The number of anilines is 1. The Morgan fingerprint density at radius 1 is 0.824 bits per heavy atom. The SMILES string of the molecule is CCN(CCN(CCN(CCN(C)CC(=O)O)CC(=O)O)CC(=O)NNc1ccc(C(=O)N[C@H](C)C(=O)N2CCC[C@H]2B(O)O)cc1)CC(=O)O. The number of hydrazine groups is 1. The maximum absolute atomic E-state index is 13.0. The van der Waals surface area contributed by atoms with Crippen molar-refractivity contribution in [2.75, 3.05) is 91.0 Å². The number of hydrogen-bond acceptors (Lipinski definition) is 13. The fourth-order valence-corrected chi connectivity index (χ4v) is 5.52. The number of benzene rings is 1. The lowest BCUT2D eigenvalue weighted by Crippen LogP contribution is -2.52. The van der Waals surface area contributed by atoms with Gasteiger partial charge in [-0.3, -0.25) is 59.2 Å². The number of carbonyl (C=O) groups excluding carboxylic acids is 3. The van der Waals surface area contributed by atoms with Gasteiger partial charge >= 0.3 is 25.0 Å². The highest BCUT2D eigenvalue weighted by Crippen LogP contribution is 2.19. The molecule has 0 saturated carbocycles. The molecule has 0 unspecified atom stereocenters. The molecule has 0 spiro atoms. The first-order valence-corrected chi connectivity index (χ1v) is 16.7. The Morgan fingerprint density at radius 2 is 1.35 bits per heavy atom. The quantitative estimate of drug-likeness (QED) is 0.0401. The van der Waals surface area contributed by atoms with Crippen molar-refractivity contribution < 1.29 is 54.1 Å². The van der Waals surface area contributed by atoms with Crippen LogP contribution in [-0.2, 0) is 24.0 Å². The first kappa shape index (κ1) is 42.8. The van der Waals surface area contributed by atoms with Crippen LogP contribution in [0.1, 0.15) is 37.0 Å². The number of carboxylic acid groups (broad SMARTS) is 3. The Labute approximate surface area is 297 Å². The molecule has 1 aliphatic heterocycles. The molecule has 1 fully saturated rings. The van der Waals surface area contributed by atoms with Crippen LogP contribution in [0, 0.1) is 0 Å². The minimum Gasteiger partial charge on any atom is -0.480 e. The number of carbonyl (C=O) groups is 6. The summed E-state index contributed by atoms with van der Waals surface area (Å²) in [7, 11) is -0.0513. The van der Waals surface area contributed by atoms with Gasteiger partial charge in [-0.2, -0.15) is 0 Å². The molecule has 19 nitrogen and oxygen atoms in total. The van der Waals surface area contributed by atoms with Crippen LogP contribution in [0.15, 0.2) is 24.3 Å². The van der Waals surface area contributed by atoms with Gasteiger partial charge < -0.3 is 35.6 Å². The molecule has 1 aliphatic rings. The predicted molar refractivity (Wildman–Crippen MR) is 185 cm³/mol. The third-order valence-corrected chi connectivity index (χ3v) is 8.34. The van der Waals surface area contributed by atoms with E-state index in [0.717, 1.165) is 0 Å². The summed E-state index contributed by atoms with van der Waals surface area (Å²) >= 11 is 0. The molecule has 0 radical (unpaired) electrons. The molecule has 1 aromatic rings. The normalized spacial score (nSPS) is 14.9. The zero-order valence-corrected chi connectivity index (χ0v) is 29.4. The van der Waals surface area contributed by atoms with E-state index in [-0.39, 0.29) is 51.4 Å². The van der Waals surface area contributed by atoms with Crippen molar-refractivity contribution in [1.82, 2.24) is 35.2 Å². The molecule has 0 aliphatic carbocycles. The number of likely N-dealkylation sites (N-methyl/N-ethyl adjacent to an activating group) is 2. The lowest BCUT2D eigenvalue weighted by atomic mass is 9.78. The summed E-state index contributed by atoms with van der Waals surface area (Å²) < 4.78 is 0. The van der Waals surface area contributed by atoms with Crippen LogP contribution in [0.5, 0.6) is 0 Å². The number of nitrogens with zero attached hydrogens (tertiary/aromatic N) is 5. The number of rotatable bonds is 24. The van der Waals surface area contributed by atoms with Gasteiger partial charge in [0, 0.05) is 51.4 Å². The lowest BCUT2D eigenvalue weighted by Gasteiger charge is -2.29. The minimum atomic E-state index is -1.66. The first-order chi connectivity index (χ1) is 24.1. The van der Waals surface area contributed by atoms with Gasteiger partial charge in [-0.15, -0.1) is 0 Å². The zero-order chi connectivity index (χ0) is 38.1. The smallest absolute Gasteiger partial charge is 0.475 e. The van der Waals surface area contributed by atoms with Crippen molar-refractivity contribution in [2.24, 2.45) is 0 Å². The molecular weight excluding hydrogens is 671 g/mol. The van der Waals surface area contributed by atoms with E-state index in [4.69, 9.17) is 5.11 Å². The molecule has 0 bridgehead atoms. The fraction of sp³-hybridized carbons (Fsp3) is 0.613. The second-order valence-corrected chi connectivity index (χ2v) is 12.4. The molecular formula is C31H51BN8O11. The van der Waals surface area contributed by atoms with E-state index in [1.165, 1.54) is 24.0 Å². The second-order valence-electron chi connectivity index (χ2n) is 12.4. The molecule has 2 rings (SSSR count). The van der Waals surface area contributed by atoms with E-state index in [9.17, 15) is 49.0 Å². The Bertz CT molecular complexity index is 1320. The summed E-state index contributed by atoms with van der Waals surface area (Å²) in [5.74, 6) is -5.16. The molecule has 1 aromatic carbocycles. The van der Waals surface area contributed by atoms with Gasteiger partial charge in [-0.25, -0.2) is 0 Å². The number of hydrogen-bond donors (Lipinski definition) is 8. The Hall–Kier alpha value is -4.34. The maximum Gasteiger partial charge on any atom is 0.475 e. The van der Waals surface area contributed by atoms with E-state index in [1.54, 1.807) is 38.8 Å². The van der Waals surface area contributed by atoms with Crippen LogP contribution in [-0.4, -0.2) is 190 Å². The van der Waals surface area contributed by atoms with Crippen molar-refractivity contribution >= 4 is 48.4 Å². The average Bonchev–Trinajstić information content (AvgIpc) is 3.56. The van der Waals surface area contributed by atoms with Gasteiger partial charge in [0.2, 0.25) is 5.91 Å². The average molecular weight is 723 g/mol. The Balaban J connectivity index is 1.98. The highest BCUT2D eigenvalue weighted by Gasteiger charge is 2.38. The number of amides is 3. The maximum atomic E-state index is 13.0. The van der Waals surface area contributed by atoms with Gasteiger partial charge in [-0.05, 0) is 57.6 Å². The van der Waals surface area contributed by atoms with Gasteiger partial charge in [0.05, 0.1) is 37.8 Å². The molecule has 284 valence electrons.